The minimum absolute atomic E-state index is 0.345. The molecule has 2 atom stereocenters. The summed E-state index contributed by atoms with van der Waals surface area (Å²) in [5, 5.41) is 1.90. The lowest BCUT2D eigenvalue weighted by atomic mass is 10.1. The molecule has 0 bridgehead atoms. The second-order valence-corrected chi connectivity index (χ2v) is 8.93. The second kappa shape index (κ2) is 9.75. The van der Waals surface area contributed by atoms with E-state index in [1.807, 2.05) is 24.3 Å². The van der Waals surface area contributed by atoms with E-state index in [0.717, 1.165) is 5.02 Å². The fourth-order valence-electron chi connectivity index (χ4n) is 1.66. The summed E-state index contributed by atoms with van der Waals surface area (Å²) < 4.78 is 4.98. The molecule has 126 valence electrons. The molecule has 0 radical (unpaired) electrons. The normalized spacial score (nSPS) is 14.3. The van der Waals surface area contributed by atoms with Crippen LogP contribution in [-0.2, 0) is 16.3 Å². The van der Waals surface area contributed by atoms with Crippen LogP contribution in [0.2, 0.25) is 10.0 Å². The van der Waals surface area contributed by atoms with E-state index in [-0.39, 0.29) is 0 Å². The fourth-order valence-corrected chi connectivity index (χ4v) is 3.60. The number of hydrogen-bond acceptors (Lipinski definition) is 3. The number of benzene rings is 2. The molecular formula is C16H20Cl2NO2PS. The lowest BCUT2D eigenvalue weighted by Crippen LogP contribution is -2.51. The maximum absolute atomic E-state index is 11.7. The van der Waals surface area contributed by atoms with Crippen molar-refractivity contribution in [3.8, 4) is 0 Å². The highest BCUT2D eigenvalue weighted by Crippen LogP contribution is 2.35. The Morgan fingerprint density at radius 1 is 1.09 bits per heavy atom. The van der Waals surface area contributed by atoms with Crippen molar-refractivity contribution in [3.63, 3.8) is 0 Å². The van der Waals surface area contributed by atoms with Crippen molar-refractivity contribution >= 4 is 46.8 Å². The third-order valence-corrected chi connectivity index (χ3v) is 5.86. The third kappa shape index (κ3) is 7.32. The van der Waals surface area contributed by atoms with Gasteiger partial charge in [0.25, 0.3) is 0 Å². The summed E-state index contributed by atoms with van der Waals surface area (Å²) in [5.74, 6) is 0. The Labute approximate surface area is 152 Å². The van der Waals surface area contributed by atoms with Crippen molar-refractivity contribution < 1.29 is 15.2 Å². The smallest absolute Gasteiger partial charge is 0.107 e. The van der Waals surface area contributed by atoms with Gasteiger partial charge in [-0.15, -0.1) is 0 Å². The van der Waals surface area contributed by atoms with E-state index in [9.17, 15) is 4.89 Å². The summed E-state index contributed by atoms with van der Waals surface area (Å²) in [4.78, 5) is 11.7. The fraction of sp³-hybridized carbons (Fsp3) is 0.250. The summed E-state index contributed by atoms with van der Waals surface area (Å²) in [5.41, 5.74) is 5.12. The van der Waals surface area contributed by atoms with E-state index < -0.39 is 6.49 Å². The topological polar surface area (TPSA) is 59.9 Å². The van der Waals surface area contributed by atoms with Crippen LogP contribution in [0.5, 0.6) is 0 Å². The molecule has 0 amide bonds. The molecule has 0 aliphatic heterocycles. The highest BCUT2D eigenvalue weighted by Gasteiger charge is 2.05. The van der Waals surface area contributed by atoms with Gasteiger partial charge in [-0.1, -0.05) is 59.3 Å². The van der Waals surface area contributed by atoms with Gasteiger partial charge in [0.05, 0.1) is 0 Å². The molecule has 0 heterocycles. The molecule has 0 saturated heterocycles. The maximum Gasteiger partial charge on any atom is 0.107 e. The van der Waals surface area contributed by atoms with E-state index in [1.165, 1.54) is 5.56 Å². The van der Waals surface area contributed by atoms with Gasteiger partial charge in [0.2, 0.25) is 0 Å². The highest BCUT2D eigenvalue weighted by molar-refractivity contribution is 8.12. The summed E-state index contributed by atoms with van der Waals surface area (Å²) in [7, 11) is 0. The van der Waals surface area contributed by atoms with Crippen LogP contribution in [0.25, 0.3) is 0 Å². The van der Waals surface area contributed by atoms with Gasteiger partial charge in [-0.25, -0.2) is 0 Å². The van der Waals surface area contributed by atoms with E-state index in [1.54, 1.807) is 31.2 Å². The molecule has 0 aromatic heterocycles. The quantitative estimate of drug-likeness (QED) is 0.813. The van der Waals surface area contributed by atoms with Crippen molar-refractivity contribution in [2.45, 2.75) is 19.9 Å². The molecule has 2 rings (SSSR count). The van der Waals surface area contributed by atoms with Gasteiger partial charge in [-0.3, -0.25) is 0 Å². The summed E-state index contributed by atoms with van der Waals surface area (Å²) >= 11 is 16.2. The summed E-state index contributed by atoms with van der Waals surface area (Å²) in [6, 6.07) is 14.7. The standard InChI is InChI=1S/C8H10ClN.C8H10ClO2PS/c1-6(10)7-2-4-8(9)5-3-7;1-2-11-12(10,13)8-5-3-7(9)4-6-8/h2-6H,10H2,1H3;3-6H,2H2,1H3,(H,10,13)/t6-;/m1./s1. The summed E-state index contributed by atoms with van der Waals surface area (Å²) in [6.07, 6.45) is 0. The zero-order valence-corrected chi connectivity index (χ0v) is 16.3. The van der Waals surface area contributed by atoms with Crippen LogP contribution in [-0.4, -0.2) is 6.61 Å². The zero-order valence-electron chi connectivity index (χ0n) is 13.0. The first-order valence-electron chi connectivity index (χ1n) is 7.06. The molecule has 23 heavy (non-hydrogen) atoms. The average Bonchev–Trinajstić information content (AvgIpc) is 2.48. The Kier molecular flexibility index (Phi) is 8.73. The average molecular weight is 392 g/mol. The minimum Gasteiger partial charge on any atom is -0.797 e. The van der Waals surface area contributed by atoms with Gasteiger partial charge in [0.1, 0.15) is 6.04 Å². The van der Waals surface area contributed by atoms with Gasteiger partial charge < -0.3 is 15.2 Å². The number of quaternary nitrogens is 1. The Morgan fingerprint density at radius 3 is 1.91 bits per heavy atom. The maximum atomic E-state index is 11.7. The van der Waals surface area contributed by atoms with Crippen LogP contribution in [0.1, 0.15) is 25.5 Å². The molecule has 7 heteroatoms. The predicted molar refractivity (Wildman–Crippen MR) is 99.8 cm³/mol. The molecule has 0 saturated carbocycles. The first kappa shape index (κ1) is 20.6. The van der Waals surface area contributed by atoms with E-state index in [0.29, 0.717) is 23.0 Å². The van der Waals surface area contributed by atoms with Crippen LogP contribution >= 0.6 is 29.7 Å². The Hall–Kier alpha value is -0.450. The van der Waals surface area contributed by atoms with E-state index >= 15 is 0 Å². The van der Waals surface area contributed by atoms with Crippen LogP contribution in [0.3, 0.4) is 0 Å². The Morgan fingerprint density at radius 2 is 1.52 bits per heavy atom. The van der Waals surface area contributed by atoms with E-state index in [2.05, 4.69) is 12.7 Å². The molecule has 0 fully saturated rings. The summed E-state index contributed by atoms with van der Waals surface area (Å²) in [6.45, 7) is 1.13. The van der Waals surface area contributed by atoms with Crippen molar-refractivity contribution in [2.24, 2.45) is 0 Å². The Bertz CT molecular complexity index is 648. The lowest BCUT2D eigenvalue weighted by Gasteiger charge is -2.27. The SMILES string of the molecule is CCOP([O-])(=S)c1ccc(Cl)cc1.C[C@@H]([NH3+])c1ccc(Cl)cc1. The molecule has 1 unspecified atom stereocenters. The Balaban J connectivity index is 0.000000238. The van der Waals surface area contributed by atoms with Gasteiger partial charge in [0, 0.05) is 28.7 Å². The van der Waals surface area contributed by atoms with Crippen molar-refractivity contribution in [1.29, 1.82) is 0 Å². The van der Waals surface area contributed by atoms with Crippen molar-refractivity contribution in [2.75, 3.05) is 6.61 Å². The van der Waals surface area contributed by atoms with Gasteiger partial charge >= 0.3 is 0 Å². The first-order chi connectivity index (χ1) is 10.8. The van der Waals surface area contributed by atoms with Crippen LogP contribution in [0, 0.1) is 0 Å². The highest BCUT2D eigenvalue weighted by atomic mass is 35.5. The zero-order chi connectivity index (χ0) is 17.5. The lowest BCUT2D eigenvalue weighted by molar-refractivity contribution is -0.420. The van der Waals surface area contributed by atoms with Gasteiger partial charge in [-0.05, 0) is 43.4 Å². The van der Waals surface area contributed by atoms with E-state index in [4.69, 9.17) is 39.5 Å². The van der Waals surface area contributed by atoms with Crippen molar-refractivity contribution in [1.82, 2.24) is 0 Å². The molecule has 3 nitrogen and oxygen atoms in total. The molecule has 0 aliphatic rings. The van der Waals surface area contributed by atoms with Gasteiger partial charge in [-0.2, -0.15) is 0 Å². The van der Waals surface area contributed by atoms with Crippen LogP contribution in [0.15, 0.2) is 48.5 Å². The molecule has 2 aromatic rings. The molecule has 2 aromatic carbocycles. The molecule has 0 aliphatic carbocycles. The van der Waals surface area contributed by atoms with Crippen LogP contribution < -0.4 is 15.9 Å². The number of halogens is 2. The number of hydrogen-bond donors (Lipinski definition) is 1. The first-order valence-corrected chi connectivity index (χ1v) is 10.5. The third-order valence-electron chi connectivity index (χ3n) is 2.88. The molecule has 0 spiro atoms. The second-order valence-electron chi connectivity index (χ2n) is 4.84. The van der Waals surface area contributed by atoms with Crippen molar-refractivity contribution in [3.05, 3.63) is 64.1 Å². The van der Waals surface area contributed by atoms with Crippen LogP contribution in [0.4, 0.5) is 0 Å². The molecule has 3 N–H and O–H groups in total. The minimum atomic E-state index is -3.04. The predicted octanol–water partition coefficient (Wildman–Crippen LogP) is 3.31. The molecular weight excluding hydrogens is 372 g/mol. The number of rotatable bonds is 4. The van der Waals surface area contributed by atoms with Gasteiger partial charge in [0.15, 0.2) is 0 Å². The monoisotopic (exact) mass is 391 g/mol. The largest absolute Gasteiger partial charge is 0.797 e.